The second kappa shape index (κ2) is 31.1. The lowest BCUT2D eigenvalue weighted by Gasteiger charge is -2.01. The molecule has 0 radical (unpaired) electrons. The van der Waals surface area contributed by atoms with Crippen LogP contribution in [0.15, 0.2) is 158 Å². The average molecular weight is 753 g/mol. The molecule has 0 aliphatic heterocycles. The maximum Gasteiger partial charge on any atom is 0.0875 e. The standard InChI is InChI=1S/2C13H14Si.2C9H12.2C4H10/c2*1-11-7-9-13(10-8-11)14-12-5-3-2-4-6-12;2*1-3-9-6-4-8(2)5-7-9;2*1-3-4-2/h2*2-10H,14H2,1H3;2*4-7H,3H2,1-2H3;2*3-4H2,1-2H3. The highest BCUT2D eigenvalue weighted by Crippen LogP contribution is 2.03. The lowest BCUT2D eigenvalue weighted by atomic mass is 10.1. The average Bonchev–Trinajstić information content (AvgIpc) is 3.22. The van der Waals surface area contributed by atoms with Gasteiger partial charge in [-0.25, -0.2) is 0 Å². The predicted octanol–water partition coefficient (Wildman–Crippen LogP) is 11.0. The molecule has 6 rings (SSSR count). The fraction of sp³-hybridized carbons (Fsp3) is 0.308. The maximum atomic E-state index is 2.26. The topological polar surface area (TPSA) is 0 Å². The van der Waals surface area contributed by atoms with Crippen LogP contribution < -0.4 is 20.7 Å². The Morgan fingerprint density at radius 3 is 0.722 bits per heavy atom. The fourth-order valence-corrected chi connectivity index (χ4v) is 7.62. The first-order valence-corrected chi connectivity index (χ1v) is 23.3. The Hall–Kier alpha value is -4.25. The third-order valence-electron chi connectivity index (χ3n) is 8.80. The van der Waals surface area contributed by atoms with Crippen molar-refractivity contribution >= 4 is 39.8 Å². The second-order valence-corrected chi connectivity index (χ2v) is 17.9. The van der Waals surface area contributed by atoms with Crippen LogP contribution in [0.2, 0.25) is 0 Å². The van der Waals surface area contributed by atoms with Crippen LogP contribution >= 0.6 is 0 Å². The van der Waals surface area contributed by atoms with E-state index in [1.807, 2.05) is 0 Å². The first-order chi connectivity index (χ1) is 26.2. The molecule has 0 saturated heterocycles. The van der Waals surface area contributed by atoms with Crippen LogP contribution in [-0.4, -0.2) is 19.0 Å². The minimum absolute atomic E-state index is 0.250. The Bertz CT molecular complexity index is 1550. The van der Waals surface area contributed by atoms with E-state index >= 15 is 0 Å². The van der Waals surface area contributed by atoms with E-state index in [1.165, 1.54) is 79.8 Å². The summed E-state index contributed by atoms with van der Waals surface area (Å²) >= 11 is 0. The zero-order chi connectivity index (χ0) is 39.8. The second-order valence-electron chi connectivity index (χ2n) is 14.0. The van der Waals surface area contributed by atoms with Crippen molar-refractivity contribution in [2.75, 3.05) is 0 Å². The maximum absolute atomic E-state index is 2.26. The van der Waals surface area contributed by atoms with Gasteiger partial charge >= 0.3 is 0 Å². The summed E-state index contributed by atoms with van der Waals surface area (Å²) in [7, 11) is -0.500. The number of aryl methyl sites for hydroxylation is 6. The molecular weight excluding hydrogens is 681 g/mol. The van der Waals surface area contributed by atoms with Gasteiger partial charge in [-0.3, -0.25) is 0 Å². The molecule has 0 N–H and O–H groups in total. The van der Waals surface area contributed by atoms with Gasteiger partial charge in [0.1, 0.15) is 0 Å². The highest BCUT2D eigenvalue weighted by molar-refractivity contribution is 6.67. The molecule has 0 aromatic heterocycles. The molecule has 0 aliphatic rings. The molecule has 0 spiro atoms. The fourth-order valence-electron chi connectivity index (χ4n) is 4.72. The van der Waals surface area contributed by atoms with E-state index in [1.54, 1.807) is 0 Å². The molecule has 0 amide bonds. The molecule has 2 heteroatoms. The highest BCUT2D eigenvalue weighted by atomic mass is 28.2. The summed E-state index contributed by atoms with van der Waals surface area (Å²) in [5.74, 6) is 0. The van der Waals surface area contributed by atoms with Crippen molar-refractivity contribution in [2.24, 2.45) is 0 Å². The summed E-state index contributed by atoms with van der Waals surface area (Å²) < 4.78 is 0. The molecule has 54 heavy (non-hydrogen) atoms. The number of hydrogen-bond acceptors (Lipinski definition) is 0. The van der Waals surface area contributed by atoms with Gasteiger partial charge in [-0.15, -0.1) is 0 Å². The van der Waals surface area contributed by atoms with Crippen molar-refractivity contribution in [3.8, 4) is 0 Å². The van der Waals surface area contributed by atoms with E-state index in [0.29, 0.717) is 0 Å². The van der Waals surface area contributed by atoms with Crippen LogP contribution in [0.5, 0.6) is 0 Å². The van der Waals surface area contributed by atoms with Crippen molar-refractivity contribution in [2.45, 2.75) is 108 Å². The SMILES string of the molecule is CCCC.CCCC.CCc1ccc(C)cc1.CCc1ccc(C)cc1.Cc1ccc([SiH2]c2ccccc2)cc1.Cc1ccc([SiH2]c2ccccc2)cc1. The summed E-state index contributed by atoms with van der Waals surface area (Å²) in [6.45, 7) is 21.6. The van der Waals surface area contributed by atoms with Gasteiger partial charge in [-0.05, 0) is 51.7 Å². The lowest BCUT2D eigenvalue weighted by Crippen LogP contribution is -2.26. The normalized spacial score (nSPS) is 9.96. The Kier molecular flexibility index (Phi) is 27.5. The van der Waals surface area contributed by atoms with Crippen molar-refractivity contribution < 1.29 is 0 Å². The Balaban J connectivity index is 0.000000343. The van der Waals surface area contributed by atoms with E-state index in [-0.39, 0.29) is 19.0 Å². The molecule has 6 aromatic carbocycles. The monoisotopic (exact) mass is 753 g/mol. The number of benzene rings is 6. The molecule has 0 nitrogen and oxygen atoms in total. The van der Waals surface area contributed by atoms with Crippen molar-refractivity contribution in [3.63, 3.8) is 0 Å². The Morgan fingerprint density at radius 1 is 0.278 bits per heavy atom. The summed E-state index contributed by atoms with van der Waals surface area (Å²) in [6.07, 6.45) is 7.56. The molecule has 0 fully saturated rings. The molecule has 288 valence electrons. The van der Waals surface area contributed by atoms with Crippen LogP contribution in [0.4, 0.5) is 0 Å². The van der Waals surface area contributed by atoms with E-state index in [0.717, 1.165) is 12.8 Å². The molecule has 0 saturated carbocycles. The van der Waals surface area contributed by atoms with Crippen LogP contribution in [0, 0.1) is 27.7 Å². The smallest absolute Gasteiger partial charge is 0.0654 e. The van der Waals surface area contributed by atoms with E-state index < -0.39 is 0 Å². The van der Waals surface area contributed by atoms with E-state index in [4.69, 9.17) is 0 Å². The number of rotatable bonds is 8. The van der Waals surface area contributed by atoms with Crippen molar-refractivity contribution in [3.05, 3.63) is 191 Å². The van der Waals surface area contributed by atoms with Gasteiger partial charge in [-0.1, -0.05) is 268 Å². The third-order valence-corrected chi connectivity index (χ3v) is 12.3. The van der Waals surface area contributed by atoms with Crippen molar-refractivity contribution in [1.82, 2.24) is 0 Å². The lowest BCUT2D eigenvalue weighted by molar-refractivity contribution is 0.886. The van der Waals surface area contributed by atoms with Gasteiger partial charge in [0.2, 0.25) is 0 Å². The number of unbranched alkanes of at least 4 members (excludes halogenated alkanes) is 2. The first kappa shape index (κ1) is 47.8. The van der Waals surface area contributed by atoms with Gasteiger partial charge in [0.25, 0.3) is 0 Å². The largest absolute Gasteiger partial charge is 0.0875 e. The van der Waals surface area contributed by atoms with Crippen LogP contribution in [0.1, 0.15) is 101 Å². The van der Waals surface area contributed by atoms with Gasteiger partial charge < -0.3 is 0 Å². The minimum atomic E-state index is -0.250. The quantitative estimate of drug-likeness (QED) is 0.136. The van der Waals surface area contributed by atoms with Gasteiger partial charge in [0.05, 0.1) is 19.0 Å². The minimum Gasteiger partial charge on any atom is -0.0654 e. The van der Waals surface area contributed by atoms with Gasteiger partial charge in [-0.2, -0.15) is 0 Å². The molecule has 0 unspecified atom stereocenters. The van der Waals surface area contributed by atoms with Gasteiger partial charge in [0, 0.05) is 0 Å². The third kappa shape index (κ3) is 24.1. The molecule has 0 bridgehead atoms. The molecule has 0 aliphatic carbocycles. The van der Waals surface area contributed by atoms with Crippen LogP contribution in [0.25, 0.3) is 0 Å². The summed E-state index contributed by atoms with van der Waals surface area (Å²) in [4.78, 5) is 0. The van der Waals surface area contributed by atoms with Crippen molar-refractivity contribution in [1.29, 1.82) is 0 Å². The zero-order valence-corrected chi connectivity index (χ0v) is 38.5. The van der Waals surface area contributed by atoms with Crippen LogP contribution in [-0.2, 0) is 12.8 Å². The molecule has 6 aromatic rings. The van der Waals surface area contributed by atoms with E-state index in [9.17, 15) is 0 Å². The zero-order valence-electron chi connectivity index (χ0n) is 35.7. The van der Waals surface area contributed by atoms with Gasteiger partial charge in [0.15, 0.2) is 0 Å². The molecule has 0 heterocycles. The first-order valence-electron chi connectivity index (χ1n) is 20.5. The highest BCUT2D eigenvalue weighted by Gasteiger charge is 1.96. The summed E-state index contributed by atoms with van der Waals surface area (Å²) in [5, 5.41) is 6.05. The summed E-state index contributed by atoms with van der Waals surface area (Å²) in [6, 6.07) is 56.7. The molecular formula is C52H72Si2. The molecule has 0 atom stereocenters. The van der Waals surface area contributed by atoms with E-state index in [2.05, 4.69) is 227 Å². The Labute approximate surface area is 337 Å². The number of hydrogen-bond donors (Lipinski definition) is 0. The van der Waals surface area contributed by atoms with Crippen LogP contribution in [0.3, 0.4) is 0 Å². The predicted molar refractivity (Wildman–Crippen MR) is 253 cm³/mol. The Morgan fingerprint density at radius 2 is 0.500 bits per heavy atom. The summed E-state index contributed by atoms with van der Waals surface area (Å²) in [5.41, 5.74) is 8.20.